The first-order chi connectivity index (χ1) is 10.2. The summed E-state index contributed by atoms with van der Waals surface area (Å²) in [5, 5.41) is 0. The Bertz CT molecular complexity index is 422. The number of hydrogen-bond donors (Lipinski definition) is 0. The third-order valence-corrected chi connectivity index (χ3v) is 7.03. The van der Waals surface area contributed by atoms with Gasteiger partial charge in [-0.1, -0.05) is 82.0 Å². The maximum Gasteiger partial charge on any atom is 0.0913 e. The number of allylic oxidation sites excluding steroid dienone is 1. The molecule has 1 nitrogen and oxygen atoms in total. The van der Waals surface area contributed by atoms with Crippen LogP contribution in [0.25, 0.3) is 6.08 Å². The van der Waals surface area contributed by atoms with E-state index in [2.05, 4.69) is 38.1 Å². The maximum absolute atomic E-state index is 13.1. The van der Waals surface area contributed by atoms with Crippen LogP contribution in [0.4, 0.5) is 0 Å². The minimum absolute atomic E-state index is 0.773. The highest BCUT2D eigenvalue weighted by atomic mass is 31.2. The Kier molecular flexibility index (Phi) is 9.42. The van der Waals surface area contributed by atoms with Gasteiger partial charge in [0.1, 0.15) is 0 Å². The van der Waals surface area contributed by atoms with Gasteiger partial charge in [-0.3, -0.25) is 0 Å². The van der Waals surface area contributed by atoms with Crippen LogP contribution in [-0.2, 0) is 4.57 Å². The fourth-order valence-corrected chi connectivity index (χ4v) is 5.22. The summed E-state index contributed by atoms with van der Waals surface area (Å²) in [7, 11) is -2.00. The normalized spacial score (nSPS) is 12.1. The molecule has 2 heteroatoms. The molecule has 1 aromatic carbocycles. The lowest BCUT2D eigenvalue weighted by molar-refractivity contribution is 0.569. The molecular weight excluding hydrogens is 275 g/mol. The summed E-state index contributed by atoms with van der Waals surface area (Å²) in [5.74, 6) is 0. The third-order valence-electron chi connectivity index (χ3n) is 3.89. The highest BCUT2D eigenvalue weighted by Gasteiger charge is 2.19. The Labute approximate surface area is 131 Å². The molecule has 21 heavy (non-hydrogen) atoms. The first-order valence-corrected chi connectivity index (χ1v) is 10.7. The molecule has 0 atom stereocenters. The monoisotopic (exact) mass is 306 g/mol. The van der Waals surface area contributed by atoms with Crippen LogP contribution in [0.15, 0.2) is 36.4 Å². The van der Waals surface area contributed by atoms with Crippen LogP contribution in [0.5, 0.6) is 0 Å². The smallest absolute Gasteiger partial charge is 0.0913 e. The van der Waals surface area contributed by atoms with Gasteiger partial charge in [0, 0.05) is 18.5 Å². The van der Waals surface area contributed by atoms with Crippen molar-refractivity contribution in [2.45, 2.75) is 52.4 Å². The number of benzene rings is 1. The lowest BCUT2D eigenvalue weighted by atomic mass is 10.2. The van der Waals surface area contributed by atoms with Gasteiger partial charge in [-0.15, -0.1) is 0 Å². The van der Waals surface area contributed by atoms with Crippen molar-refractivity contribution in [1.29, 1.82) is 0 Å². The van der Waals surface area contributed by atoms with E-state index in [1.807, 2.05) is 18.2 Å². The molecule has 0 saturated carbocycles. The van der Waals surface area contributed by atoms with Crippen molar-refractivity contribution in [3.63, 3.8) is 0 Å². The quantitative estimate of drug-likeness (QED) is 0.339. The highest BCUT2D eigenvalue weighted by Crippen LogP contribution is 2.47. The van der Waals surface area contributed by atoms with Gasteiger partial charge >= 0.3 is 0 Å². The molecule has 0 saturated heterocycles. The van der Waals surface area contributed by atoms with Crippen molar-refractivity contribution < 1.29 is 4.57 Å². The molecule has 0 N–H and O–H groups in total. The molecule has 0 aromatic heterocycles. The molecule has 0 aliphatic heterocycles. The first-order valence-electron chi connectivity index (χ1n) is 8.49. The second kappa shape index (κ2) is 10.9. The molecule has 0 fully saturated rings. The lowest BCUT2D eigenvalue weighted by Crippen LogP contribution is -1.99. The van der Waals surface area contributed by atoms with Crippen molar-refractivity contribution in [2.75, 3.05) is 18.5 Å². The molecule has 0 amide bonds. The van der Waals surface area contributed by atoms with Crippen LogP contribution in [0, 0.1) is 0 Å². The Morgan fingerprint density at radius 3 is 2.00 bits per heavy atom. The topological polar surface area (TPSA) is 17.1 Å². The molecule has 0 heterocycles. The van der Waals surface area contributed by atoms with Crippen molar-refractivity contribution in [3.8, 4) is 0 Å². The Morgan fingerprint density at radius 1 is 0.905 bits per heavy atom. The standard InChI is InChI=1S/C19H31OP/c1-3-5-10-16-21(20,17-11-6-4-2)18-12-15-19-13-8-7-9-14-19/h7-9,12-15H,3-6,10-11,16-18H2,1-2H3. The molecule has 0 spiro atoms. The molecule has 0 unspecified atom stereocenters. The number of rotatable bonds is 11. The van der Waals surface area contributed by atoms with Gasteiger partial charge in [0.05, 0.1) is 7.14 Å². The zero-order valence-corrected chi connectivity index (χ0v) is 14.7. The molecular formula is C19H31OP. The Hall–Kier alpha value is -0.810. The molecule has 118 valence electrons. The van der Waals surface area contributed by atoms with Gasteiger partial charge in [-0.2, -0.15) is 0 Å². The summed E-state index contributed by atoms with van der Waals surface area (Å²) < 4.78 is 13.1. The third kappa shape index (κ3) is 8.27. The van der Waals surface area contributed by atoms with E-state index in [0.717, 1.165) is 31.3 Å². The summed E-state index contributed by atoms with van der Waals surface area (Å²) >= 11 is 0. The van der Waals surface area contributed by atoms with Crippen molar-refractivity contribution in [3.05, 3.63) is 42.0 Å². The van der Waals surface area contributed by atoms with E-state index in [1.165, 1.54) is 31.2 Å². The fraction of sp³-hybridized carbons (Fsp3) is 0.579. The van der Waals surface area contributed by atoms with Crippen LogP contribution in [0.2, 0.25) is 0 Å². The van der Waals surface area contributed by atoms with Crippen molar-refractivity contribution in [1.82, 2.24) is 0 Å². The Balaban J connectivity index is 2.54. The average molecular weight is 306 g/mol. The van der Waals surface area contributed by atoms with Gasteiger partial charge in [0.2, 0.25) is 0 Å². The van der Waals surface area contributed by atoms with E-state index in [-0.39, 0.29) is 0 Å². The maximum atomic E-state index is 13.1. The molecule has 0 aliphatic carbocycles. The fourth-order valence-electron chi connectivity index (χ4n) is 2.54. The van der Waals surface area contributed by atoms with Crippen molar-refractivity contribution >= 4 is 13.2 Å². The van der Waals surface area contributed by atoms with E-state index in [9.17, 15) is 4.57 Å². The summed E-state index contributed by atoms with van der Waals surface area (Å²) in [6.07, 6.45) is 14.0. The Morgan fingerprint density at radius 2 is 1.48 bits per heavy atom. The predicted molar refractivity (Wildman–Crippen MR) is 96.7 cm³/mol. The van der Waals surface area contributed by atoms with Crippen LogP contribution < -0.4 is 0 Å². The van der Waals surface area contributed by atoms with Gasteiger partial charge in [0.15, 0.2) is 0 Å². The van der Waals surface area contributed by atoms with Gasteiger partial charge in [-0.05, 0) is 18.4 Å². The van der Waals surface area contributed by atoms with Gasteiger partial charge in [0.25, 0.3) is 0 Å². The average Bonchev–Trinajstić information content (AvgIpc) is 2.49. The number of hydrogen-bond acceptors (Lipinski definition) is 1. The van der Waals surface area contributed by atoms with Crippen molar-refractivity contribution in [2.24, 2.45) is 0 Å². The van der Waals surface area contributed by atoms with E-state index >= 15 is 0 Å². The zero-order chi connectivity index (χ0) is 15.4. The van der Waals surface area contributed by atoms with Gasteiger partial charge < -0.3 is 4.57 Å². The lowest BCUT2D eigenvalue weighted by Gasteiger charge is -2.16. The van der Waals surface area contributed by atoms with Gasteiger partial charge in [-0.25, -0.2) is 0 Å². The van der Waals surface area contributed by atoms with Crippen LogP contribution in [0.3, 0.4) is 0 Å². The van der Waals surface area contributed by atoms with E-state index in [0.29, 0.717) is 0 Å². The van der Waals surface area contributed by atoms with Crippen LogP contribution in [-0.4, -0.2) is 18.5 Å². The molecule has 0 radical (unpaired) electrons. The summed E-state index contributed by atoms with van der Waals surface area (Å²) in [6, 6.07) is 10.3. The summed E-state index contributed by atoms with van der Waals surface area (Å²) in [4.78, 5) is 0. The summed E-state index contributed by atoms with van der Waals surface area (Å²) in [5.41, 5.74) is 1.20. The van der Waals surface area contributed by atoms with E-state index in [4.69, 9.17) is 0 Å². The zero-order valence-electron chi connectivity index (χ0n) is 13.8. The van der Waals surface area contributed by atoms with E-state index in [1.54, 1.807) is 0 Å². The molecule has 0 bridgehead atoms. The number of unbranched alkanes of at least 4 members (excludes halogenated alkanes) is 4. The van der Waals surface area contributed by atoms with Crippen LogP contribution >= 0.6 is 7.14 Å². The predicted octanol–water partition coefficient (Wildman–Crippen LogP) is 6.44. The van der Waals surface area contributed by atoms with E-state index < -0.39 is 7.14 Å². The molecule has 1 rings (SSSR count). The minimum Gasteiger partial charge on any atom is -0.323 e. The molecule has 0 aliphatic rings. The second-order valence-electron chi connectivity index (χ2n) is 5.92. The van der Waals surface area contributed by atoms with Crippen LogP contribution in [0.1, 0.15) is 57.9 Å². The minimum atomic E-state index is -2.00. The largest absolute Gasteiger partial charge is 0.323 e. The SMILES string of the molecule is CCCCCP(=O)(CC=Cc1ccccc1)CCCCC. The second-order valence-corrected chi connectivity index (χ2v) is 9.29. The first kappa shape index (κ1) is 18.2. The summed E-state index contributed by atoms with van der Waals surface area (Å²) in [6.45, 7) is 4.41. The highest BCUT2D eigenvalue weighted by molar-refractivity contribution is 7.64. The molecule has 1 aromatic rings.